The first-order chi connectivity index (χ1) is 38.3. The second-order valence-electron chi connectivity index (χ2n) is 28.6. The maximum Gasteiger partial charge on any atom is 0.297 e. The number of anilines is 9. The van der Waals surface area contributed by atoms with Crippen LogP contribution in [0.15, 0.2) is 144 Å². The molecule has 0 bridgehead atoms. The van der Waals surface area contributed by atoms with Gasteiger partial charge >= 0.3 is 0 Å². The summed E-state index contributed by atoms with van der Waals surface area (Å²) in [5.74, 6) is 0. The van der Waals surface area contributed by atoms with E-state index in [1.807, 2.05) is 4.90 Å². The molecule has 0 radical (unpaired) electrons. The number of rotatable bonds is 5. The second kappa shape index (κ2) is 16.5. The molecule has 0 unspecified atom stereocenters. The molecule has 3 aliphatic carbocycles. The Bertz CT molecular complexity index is 4000. The summed E-state index contributed by atoms with van der Waals surface area (Å²) in [6.07, 6.45) is 6.45. The minimum absolute atomic E-state index is 0.00806. The van der Waals surface area contributed by atoms with Gasteiger partial charge in [-0.05, 0) is 205 Å². The van der Waals surface area contributed by atoms with Crippen LogP contribution in [0.4, 0.5) is 51.2 Å². The fourth-order valence-electron chi connectivity index (χ4n) is 14.5. The molecule has 5 heteroatoms. The van der Waals surface area contributed by atoms with Gasteiger partial charge in [0.25, 0.3) is 6.71 Å². The van der Waals surface area contributed by atoms with E-state index in [1.165, 1.54) is 38.8 Å². The van der Waals surface area contributed by atoms with E-state index >= 15 is 0 Å². The number of hydrogen-bond donors (Lipinski definition) is 0. The number of furan rings is 1. The molecule has 3 heterocycles. The highest BCUT2D eigenvalue weighted by Gasteiger charge is 2.50. The molecular weight excluding hydrogens is 934 g/mol. The smallest absolute Gasteiger partial charge is 0.297 e. The Morgan fingerprint density at radius 1 is 0.481 bits per heavy atom. The summed E-state index contributed by atoms with van der Waals surface area (Å²) in [5, 5.41) is 1.01. The van der Waals surface area contributed by atoms with E-state index in [1.54, 1.807) is 0 Å². The zero-order chi connectivity index (χ0) is 58.5. The minimum Gasteiger partial charge on any atom is -0.468 e. The monoisotopic (exact) mass is 1020 g/mol. The molecule has 7 aromatic carbocycles. The molecule has 392 valence electrons. The van der Waals surface area contributed by atoms with Gasteiger partial charge in [-0.15, -0.1) is 0 Å². The molecule has 0 fully saturated rings. The average molecular weight is 1020 g/mol. The third-order valence-electron chi connectivity index (χ3n) is 19.7. The van der Waals surface area contributed by atoms with E-state index in [9.17, 15) is 5.48 Å². The molecule has 0 spiro atoms. The maximum absolute atomic E-state index is 9.77. The molecule has 2 aliphatic heterocycles. The van der Waals surface area contributed by atoms with Crippen LogP contribution in [0.5, 0.6) is 0 Å². The van der Waals surface area contributed by atoms with Crippen molar-refractivity contribution in [2.24, 2.45) is 0 Å². The molecule has 0 N–H and O–H groups in total. The van der Waals surface area contributed by atoms with Gasteiger partial charge in [-0.25, -0.2) is 0 Å². The standard InChI is InChI=1S/C72H80BN3O/c1-66(2,3)45-25-27-47(28-26-45)74(46-21-17-16-18-22-46)50-41-60-63-61(42-50)76(49-30-32-53-55(40-49)70(10,11)36-34-68(53,6)7)64-51-23-19-20-24-62(51)77-65(64)73(63)58-43-56-57(72(14,15)38-37-71(56,12)13)44-59(58)75(60)48-29-31-52-54(39-48)69(8,9)35-33-67(52,4)5/h16-32,39-44H,33-38H2,1-15H3/i16D,17D,18D,21D,22D. The number of hydrogen-bond acceptors (Lipinski definition) is 4. The first-order valence-corrected chi connectivity index (χ1v) is 28.6. The van der Waals surface area contributed by atoms with Crippen LogP contribution >= 0.6 is 0 Å². The highest BCUT2D eigenvalue weighted by Crippen LogP contribution is 2.56. The Balaban J connectivity index is 1.22. The van der Waals surface area contributed by atoms with Crippen molar-refractivity contribution >= 4 is 85.5 Å². The van der Waals surface area contributed by atoms with Crippen molar-refractivity contribution in [3.05, 3.63) is 178 Å². The van der Waals surface area contributed by atoms with Gasteiger partial charge in [-0.1, -0.05) is 164 Å². The van der Waals surface area contributed by atoms with Crippen molar-refractivity contribution in [3.63, 3.8) is 0 Å². The van der Waals surface area contributed by atoms with Crippen molar-refractivity contribution in [1.29, 1.82) is 0 Å². The summed E-state index contributed by atoms with van der Waals surface area (Å²) in [4.78, 5) is 6.91. The van der Waals surface area contributed by atoms with Crippen LogP contribution in [0.3, 0.4) is 0 Å². The maximum atomic E-state index is 9.77. The quantitative estimate of drug-likeness (QED) is 0.160. The Hall–Kier alpha value is -6.46. The van der Waals surface area contributed by atoms with Gasteiger partial charge in [-0.2, -0.15) is 0 Å². The molecule has 13 rings (SSSR count). The van der Waals surface area contributed by atoms with Gasteiger partial charge in [0.15, 0.2) is 0 Å². The lowest BCUT2D eigenvalue weighted by Crippen LogP contribution is -2.61. The summed E-state index contributed by atoms with van der Waals surface area (Å²) in [6.45, 7) is 35.0. The largest absolute Gasteiger partial charge is 0.468 e. The predicted molar refractivity (Wildman–Crippen MR) is 329 cm³/mol. The van der Waals surface area contributed by atoms with Gasteiger partial charge < -0.3 is 19.1 Å². The Morgan fingerprint density at radius 2 is 0.961 bits per heavy atom. The lowest BCUT2D eigenvalue weighted by molar-refractivity contribution is 0.332. The number of fused-ring (bicyclic) bond motifs is 9. The molecule has 0 saturated carbocycles. The van der Waals surface area contributed by atoms with E-state index in [-0.39, 0.29) is 74.5 Å². The van der Waals surface area contributed by atoms with E-state index in [2.05, 4.69) is 223 Å². The van der Waals surface area contributed by atoms with Crippen molar-refractivity contribution in [2.45, 2.75) is 180 Å². The topological polar surface area (TPSA) is 22.9 Å². The van der Waals surface area contributed by atoms with Gasteiger partial charge in [0, 0.05) is 45.2 Å². The molecule has 0 amide bonds. The van der Waals surface area contributed by atoms with E-state index in [4.69, 9.17) is 5.79 Å². The molecule has 1 aromatic heterocycles. The number of nitrogens with zero attached hydrogens (tertiary/aromatic N) is 3. The minimum atomic E-state index is -0.426. The zero-order valence-electron chi connectivity index (χ0n) is 53.5. The summed E-state index contributed by atoms with van der Waals surface area (Å²) < 4.78 is 54.3. The number of benzene rings is 7. The number of para-hydroxylation sites is 2. The van der Waals surface area contributed by atoms with E-state index < -0.39 is 6.04 Å². The highest BCUT2D eigenvalue weighted by atomic mass is 16.3. The predicted octanol–water partition coefficient (Wildman–Crippen LogP) is 18.3. The van der Waals surface area contributed by atoms with E-state index in [0.29, 0.717) is 11.4 Å². The molecule has 77 heavy (non-hydrogen) atoms. The summed E-state index contributed by atoms with van der Waals surface area (Å²) in [5.41, 5.74) is 20.2. The van der Waals surface area contributed by atoms with Gasteiger partial charge in [0.1, 0.15) is 5.58 Å². The van der Waals surface area contributed by atoms with Crippen LogP contribution in [0.25, 0.3) is 11.0 Å². The SMILES string of the molecule is [2H]c1c([2H])c([2H])c(N(c2ccc(C(C)(C)C)cc2)c2cc3c4c(c2)N(c2ccc5c(c2)C(C)(C)CCC5(C)C)c2c(oc5ccccc25)B4c2cc4c(cc2N3c2ccc3c(c2)C(C)(C)CCC3(C)C)C(C)(C)CCC4(C)C)c([2H])c1[2H]. The normalized spacial score (nSPS) is 20.5. The van der Waals surface area contributed by atoms with Crippen LogP contribution in [0.1, 0.15) is 188 Å². The van der Waals surface area contributed by atoms with Crippen molar-refractivity contribution < 1.29 is 11.3 Å². The first kappa shape index (κ1) is 44.5. The van der Waals surface area contributed by atoms with Gasteiger partial charge in [-0.3, -0.25) is 0 Å². The third-order valence-corrected chi connectivity index (χ3v) is 19.7. The molecule has 8 aromatic rings. The Morgan fingerprint density at radius 3 is 1.51 bits per heavy atom. The van der Waals surface area contributed by atoms with Crippen LogP contribution in [-0.2, 0) is 37.9 Å². The van der Waals surface area contributed by atoms with Crippen molar-refractivity contribution in [3.8, 4) is 0 Å². The lowest BCUT2D eigenvalue weighted by Gasteiger charge is -2.47. The Kier molecular flexibility index (Phi) is 9.56. The van der Waals surface area contributed by atoms with Gasteiger partial charge in [0.05, 0.1) is 23.9 Å². The molecule has 5 aliphatic rings. The summed E-state index contributed by atoms with van der Waals surface area (Å²) >= 11 is 0. The van der Waals surface area contributed by atoms with E-state index in [0.717, 1.165) is 100 Å². The summed E-state index contributed by atoms with van der Waals surface area (Å²) in [6, 6.07) is 39.0. The first-order valence-electron chi connectivity index (χ1n) is 31.1. The van der Waals surface area contributed by atoms with Crippen molar-refractivity contribution in [2.75, 3.05) is 14.7 Å². The van der Waals surface area contributed by atoms with Crippen LogP contribution in [0.2, 0.25) is 0 Å². The molecule has 0 atom stereocenters. The molecular formula is C72H80BN3O. The molecule has 4 nitrogen and oxygen atoms in total. The third kappa shape index (κ3) is 7.66. The lowest BCUT2D eigenvalue weighted by atomic mass is 9.35. The van der Waals surface area contributed by atoms with Crippen LogP contribution < -0.4 is 31.3 Å². The van der Waals surface area contributed by atoms with Crippen LogP contribution in [-0.4, -0.2) is 6.71 Å². The second-order valence-corrected chi connectivity index (χ2v) is 28.6. The molecule has 0 saturated heterocycles. The Labute approximate surface area is 468 Å². The fraction of sp³-hybridized carbons (Fsp3) is 0.389. The van der Waals surface area contributed by atoms with Crippen LogP contribution in [0, 0.1) is 0 Å². The van der Waals surface area contributed by atoms with Gasteiger partial charge in [0.2, 0.25) is 0 Å². The average Bonchev–Trinajstić information content (AvgIpc) is 1.35. The fourth-order valence-corrected chi connectivity index (χ4v) is 14.5. The zero-order valence-corrected chi connectivity index (χ0v) is 48.5. The highest BCUT2D eigenvalue weighted by molar-refractivity contribution is 7.00. The summed E-state index contributed by atoms with van der Waals surface area (Å²) in [7, 11) is 0. The van der Waals surface area contributed by atoms with Crippen molar-refractivity contribution in [1.82, 2.24) is 0 Å².